The smallest absolute Gasteiger partial charge is 0.303 e. The number of ether oxygens (including phenoxy) is 4. The van der Waals surface area contributed by atoms with Crippen molar-refractivity contribution >= 4 is 85.5 Å². The van der Waals surface area contributed by atoms with Crippen LogP contribution in [-0.4, -0.2) is 147 Å². The highest BCUT2D eigenvalue weighted by Crippen LogP contribution is 2.09. The molecule has 0 fully saturated rings. The number of hydrogen-bond donors (Lipinski definition) is 8. The molecule has 0 aromatic carbocycles. The lowest BCUT2D eigenvalue weighted by molar-refractivity contribution is -0.141. The van der Waals surface area contributed by atoms with Crippen LogP contribution < -0.4 is 32.3 Å². The molecule has 0 unspecified atom stereocenters. The summed E-state index contributed by atoms with van der Waals surface area (Å²) in [5.74, 6) is -4.91. The Kier molecular flexibility index (Phi) is 27.6. The minimum atomic E-state index is -1.09. The molecule has 2 heterocycles. The number of aliphatic imine (C=N–C) groups is 2. The minimum absolute atomic E-state index is 0.0150. The third-order valence-corrected chi connectivity index (χ3v) is 7.07. The van der Waals surface area contributed by atoms with Gasteiger partial charge in [-0.3, -0.25) is 68.8 Å². The number of nitrogens with one attached hydrogen (secondary N) is 6. The molecule has 328 valence electrons. The van der Waals surface area contributed by atoms with Crippen molar-refractivity contribution in [2.75, 3.05) is 26.3 Å². The van der Waals surface area contributed by atoms with Crippen LogP contribution >= 0.6 is 0 Å². The van der Waals surface area contributed by atoms with E-state index in [1.54, 1.807) is 0 Å². The molecule has 2 aliphatic heterocycles. The Morgan fingerprint density at radius 2 is 1.00 bits per heavy atom. The minimum Gasteiger partial charge on any atom is -0.481 e. The van der Waals surface area contributed by atoms with Crippen LogP contribution in [0.2, 0.25) is 0 Å². The molecule has 4 amide bonds. The molecule has 0 spiro atoms. The number of aldehydes is 2. The van der Waals surface area contributed by atoms with Gasteiger partial charge in [0.05, 0.1) is 38.4 Å². The van der Waals surface area contributed by atoms with Gasteiger partial charge in [0, 0.05) is 36.8 Å². The molecule has 8 N–H and O–H groups in total. The summed E-state index contributed by atoms with van der Waals surface area (Å²) in [6, 6.07) is -1.80. The van der Waals surface area contributed by atoms with Gasteiger partial charge < -0.3 is 49.4 Å². The van der Waals surface area contributed by atoms with Gasteiger partial charge >= 0.3 is 11.9 Å². The van der Waals surface area contributed by atoms with Crippen molar-refractivity contribution in [2.24, 2.45) is 9.98 Å². The number of hydrazine groups is 2. The average Bonchev–Trinajstić information content (AvgIpc) is 3.94. The number of carboxylic acids is 2. The third-order valence-electron chi connectivity index (χ3n) is 7.07. The molecule has 26 heteroatoms. The standard InChI is InChI=1S/C16H21N5O8.C16H19N3O10.C2H4/c22-7-10(1-3-13(24)25)18-20-15(28)9-5-12(17-6-9)16(29)21-19-11(8-23)2-4-14(26)27;20-7-26-3-1-13(28-9-22)18-15(24)11-5-12(17-6-11)16(25)19-14(29-10-23)2-4-27-8-21;1-2/h5,7-8,10-11,18-19H,1-4,6H2,(H,20,28)(H,21,29)(H,24,25)(H,26,27);5,7-10,13-14H,1-4,6H2,(H,18,24)(H,19,25);1-2H2/t10-,11-;13-,14-;/m01./s1. The zero-order chi connectivity index (χ0) is 45.3. The van der Waals surface area contributed by atoms with E-state index in [-0.39, 0.29) is 113 Å². The van der Waals surface area contributed by atoms with E-state index in [4.69, 9.17) is 10.2 Å². The second-order valence-corrected chi connectivity index (χ2v) is 11.2. The first-order valence-electron chi connectivity index (χ1n) is 17.2. The Hall–Kier alpha value is -7.48. The van der Waals surface area contributed by atoms with E-state index in [1.807, 2.05) is 0 Å². The van der Waals surface area contributed by atoms with Gasteiger partial charge in [0.25, 0.3) is 49.5 Å². The SMILES string of the molecule is C=C.O=COCC[C@H](NC(=O)C1=CC(C(=O)N[C@@H](CCOC=O)OC=O)=NC1)OC=O.O=C[C@H](CCC(=O)O)NNC(=O)C1=CC(C(=O)NN[C@H](C=O)CCC(=O)O)=NC1. The third kappa shape index (κ3) is 22.3. The number of carbonyl (C=O) groups is 12. The summed E-state index contributed by atoms with van der Waals surface area (Å²) < 4.78 is 18.3. The zero-order valence-corrected chi connectivity index (χ0v) is 31.7. The molecule has 2 aliphatic rings. The maximum Gasteiger partial charge on any atom is 0.303 e. The van der Waals surface area contributed by atoms with E-state index in [9.17, 15) is 57.5 Å². The molecule has 0 saturated heterocycles. The van der Waals surface area contributed by atoms with Gasteiger partial charge in [0.1, 0.15) is 24.0 Å². The molecule has 60 heavy (non-hydrogen) atoms. The molecule has 2 rings (SSSR count). The molecule has 0 bridgehead atoms. The predicted octanol–water partition coefficient (Wildman–Crippen LogP) is -4.00. The molecule has 0 aromatic heterocycles. The average molecular weight is 853 g/mol. The van der Waals surface area contributed by atoms with Crippen LogP contribution in [0.3, 0.4) is 0 Å². The highest BCUT2D eigenvalue weighted by Gasteiger charge is 2.25. The van der Waals surface area contributed by atoms with E-state index < -0.39 is 60.1 Å². The van der Waals surface area contributed by atoms with Crippen molar-refractivity contribution in [3.63, 3.8) is 0 Å². The van der Waals surface area contributed by atoms with Gasteiger partial charge in [-0.05, 0) is 25.0 Å². The summed E-state index contributed by atoms with van der Waals surface area (Å²) in [6.07, 6.45) is 0.697. The first kappa shape index (κ1) is 52.5. The summed E-state index contributed by atoms with van der Waals surface area (Å²) in [5.41, 5.74) is 9.26. The Labute approximate surface area is 340 Å². The van der Waals surface area contributed by atoms with Crippen molar-refractivity contribution < 1.29 is 86.7 Å². The normalized spacial score (nSPS) is 14.1. The molecule has 26 nitrogen and oxygen atoms in total. The van der Waals surface area contributed by atoms with Crippen LogP contribution in [0, 0.1) is 0 Å². The number of carboxylic acid groups (broad SMARTS) is 2. The van der Waals surface area contributed by atoms with Crippen LogP contribution in [0.1, 0.15) is 38.5 Å². The van der Waals surface area contributed by atoms with Crippen molar-refractivity contribution in [3.05, 3.63) is 36.5 Å². The van der Waals surface area contributed by atoms with E-state index in [1.165, 1.54) is 12.2 Å². The maximum atomic E-state index is 12.2. The van der Waals surface area contributed by atoms with Crippen LogP contribution in [-0.2, 0) is 76.5 Å². The lowest BCUT2D eigenvalue weighted by Gasteiger charge is -2.16. The van der Waals surface area contributed by atoms with Gasteiger partial charge in [0.15, 0.2) is 12.5 Å². The van der Waals surface area contributed by atoms with E-state index in [0.29, 0.717) is 12.6 Å². The summed E-state index contributed by atoms with van der Waals surface area (Å²) in [4.78, 5) is 140. The Bertz CT molecular complexity index is 1660. The summed E-state index contributed by atoms with van der Waals surface area (Å²) in [5, 5.41) is 21.9. The summed E-state index contributed by atoms with van der Waals surface area (Å²) >= 11 is 0. The van der Waals surface area contributed by atoms with Crippen LogP contribution in [0.15, 0.2) is 46.4 Å². The van der Waals surface area contributed by atoms with Gasteiger partial charge in [-0.1, -0.05) is 0 Å². The van der Waals surface area contributed by atoms with E-state index in [2.05, 4.69) is 74.4 Å². The zero-order valence-electron chi connectivity index (χ0n) is 31.7. The second kappa shape index (κ2) is 31.6. The van der Waals surface area contributed by atoms with Gasteiger partial charge in [-0.15, -0.1) is 13.2 Å². The van der Waals surface area contributed by atoms with Crippen molar-refractivity contribution in [2.45, 2.75) is 63.1 Å². The Morgan fingerprint density at radius 1 is 0.600 bits per heavy atom. The number of hydrogen-bond acceptors (Lipinski definition) is 20. The van der Waals surface area contributed by atoms with Gasteiger partial charge in [-0.25, -0.2) is 10.9 Å². The lowest BCUT2D eigenvalue weighted by atomic mass is 10.2. The second-order valence-electron chi connectivity index (χ2n) is 11.2. The molecule has 0 aliphatic carbocycles. The number of aliphatic carboxylic acids is 2. The fourth-order valence-corrected chi connectivity index (χ4v) is 4.16. The largest absolute Gasteiger partial charge is 0.481 e. The molecule has 0 saturated carbocycles. The maximum absolute atomic E-state index is 12.2. The first-order valence-corrected chi connectivity index (χ1v) is 17.2. The van der Waals surface area contributed by atoms with Crippen LogP contribution in [0.5, 0.6) is 0 Å². The molecular formula is C34H44N8O18. The highest BCUT2D eigenvalue weighted by molar-refractivity contribution is 6.45. The van der Waals surface area contributed by atoms with E-state index >= 15 is 0 Å². The lowest BCUT2D eigenvalue weighted by Crippen LogP contribution is -2.47. The van der Waals surface area contributed by atoms with Crippen LogP contribution in [0.25, 0.3) is 0 Å². The Morgan fingerprint density at radius 3 is 1.40 bits per heavy atom. The number of carbonyl (C=O) groups excluding carboxylic acids is 10. The summed E-state index contributed by atoms with van der Waals surface area (Å²) in [7, 11) is 0. The van der Waals surface area contributed by atoms with E-state index in [0.717, 1.165) is 0 Å². The highest BCUT2D eigenvalue weighted by atomic mass is 16.6. The van der Waals surface area contributed by atoms with Gasteiger partial charge in [-0.2, -0.15) is 0 Å². The van der Waals surface area contributed by atoms with Crippen molar-refractivity contribution in [1.82, 2.24) is 32.3 Å². The Balaban J connectivity index is 0.00000111. The number of amides is 4. The fraction of sp³-hybridized carbons (Fsp3) is 0.412. The fourth-order valence-electron chi connectivity index (χ4n) is 4.16. The van der Waals surface area contributed by atoms with Crippen LogP contribution in [0.4, 0.5) is 0 Å². The van der Waals surface area contributed by atoms with Crippen molar-refractivity contribution in [3.8, 4) is 0 Å². The molecule has 4 atom stereocenters. The topological polar surface area (TPSA) is 379 Å². The number of nitrogens with zero attached hydrogens (tertiary/aromatic N) is 2. The summed E-state index contributed by atoms with van der Waals surface area (Å²) in [6.45, 7) is 6.28. The molecule has 0 aromatic rings. The molecular weight excluding hydrogens is 808 g/mol. The van der Waals surface area contributed by atoms with Gasteiger partial charge in [0.2, 0.25) is 0 Å². The van der Waals surface area contributed by atoms with Crippen molar-refractivity contribution in [1.29, 1.82) is 0 Å². The quantitative estimate of drug-likeness (QED) is 0.00852. The molecule has 0 radical (unpaired) electrons. The number of rotatable bonds is 30. The first-order chi connectivity index (χ1) is 28.8. The monoisotopic (exact) mass is 852 g/mol. The predicted molar refractivity (Wildman–Crippen MR) is 199 cm³/mol.